The quantitative estimate of drug-likeness (QED) is 0.755. The molecule has 0 bridgehead atoms. The van der Waals surface area contributed by atoms with Crippen LogP contribution in [0.2, 0.25) is 0 Å². The van der Waals surface area contributed by atoms with Crippen molar-refractivity contribution in [3.8, 4) is 0 Å². The molecule has 2 rings (SSSR count). The zero-order chi connectivity index (χ0) is 11.5. The van der Waals surface area contributed by atoms with Gasteiger partial charge in [-0.3, -0.25) is 14.2 Å². The van der Waals surface area contributed by atoms with Crippen molar-refractivity contribution in [2.24, 2.45) is 0 Å². The van der Waals surface area contributed by atoms with E-state index in [1.54, 1.807) is 23.0 Å². The summed E-state index contributed by atoms with van der Waals surface area (Å²) in [6, 6.07) is 0. The molecule has 0 aromatic carbocycles. The Hall–Kier alpha value is -1.95. The topological polar surface area (TPSA) is 76.7 Å². The van der Waals surface area contributed by atoms with Gasteiger partial charge in [0, 0.05) is 12.4 Å². The highest BCUT2D eigenvalue weighted by Crippen LogP contribution is 2.17. The number of carbonyl (C=O) groups is 1. The molecule has 84 valence electrons. The van der Waals surface area contributed by atoms with Crippen molar-refractivity contribution in [3.05, 3.63) is 30.5 Å². The minimum absolute atomic E-state index is 0.0907. The summed E-state index contributed by atoms with van der Waals surface area (Å²) in [5.74, 6) is -0.462. The number of methoxy groups -OCH3 is 1. The lowest BCUT2D eigenvalue weighted by Gasteiger charge is -2.08. The first kappa shape index (κ1) is 10.6. The van der Waals surface area contributed by atoms with Crippen LogP contribution in [0.25, 0.3) is 5.65 Å². The molecule has 0 radical (unpaired) electrons. The zero-order valence-electron chi connectivity index (χ0n) is 8.70. The number of hydrogen-bond acceptors (Lipinski definition) is 5. The number of imidazole rings is 1. The summed E-state index contributed by atoms with van der Waals surface area (Å²) in [6.07, 6.45) is 5.34. The van der Waals surface area contributed by atoms with Crippen molar-refractivity contribution < 1.29 is 14.6 Å². The second kappa shape index (κ2) is 4.28. The number of aromatic nitrogens is 3. The van der Waals surface area contributed by atoms with Crippen LogP contribution in [0.1, 0.15) is 18.2 Å². The largest absolute Gasteiger partial charge is 0.469 e. The molecule has 2 aromatic heterocycles. The van der Waals surface area contributed by atoms with Crippen molar-refractivity contribution in [1.29, 1.82) is 0 Å². The van der Waals surface area contributed by atoms with E-state index in [1.807, 2.05) is 0 Å². The summed E-state index contributed by atoms with van der Waals surface area (Å²) >= 11 is 0. The van der Waals surface area contributed by atoms with Gasteiger partial charge in [-0.25, -0.2) is 4.98 Å². The van der Waals surface area contributed by atoms with Crippen molar-refractivity contribution >= 4 is 11.6 Å². The molecule has 0 saturated carbocycles. The molecular formula is C10H11N3O3. The third kappa shape index (κ3) is 1.87. The Bertz CT molecular complexity index is 509. The summed E-state index contributed by atoms with van der Waals surface area (Å²) < 4.78 is 6.17. The number of hydrogen-bond donors (Lipinski definition) is 1. The summed E-state index contributed by atoms with van der Waals surface area (Å²) in [6.45, 7) is 0. The van der Waals surface area contributed by atoms with Gasteiger partial charge in [0.2, 0.25) is 0 Å². The Balaban J connectivity index is 2.29. The number of carbonyl (C=O) groups excluding carboxylic acids is 1. The third-order valence-corrected chi connectivity index (χ3v) is 2.27. The Labute approximate surface area is 91.5 Å². The number of aliphatic hydroxyl groups excluding tert-OH is 1. The van der Waals surface area contributed by atoms with Gasteiger partial charge in [0.1, 0.15) is 6.10 Å². The molecule has 6 heteroatoms. The fraction of sp³-hybridized carbons (Fsp3) is 0.300. The van der Waals surface area contributed by atoms with Crippen LogP contribution in [0.5, 0.6) is 0 Å². The Morgan fingerprint density at radius 1 is 1.62 bits per heavy atom. The van der Waals surface area contributed by atoms with Gasteiger partial charge in [0.05, 0.1) is 31.6 Å². The van der Waals surface area contributed by atoms with Crippen LogP contribution in [0.15, 0.2) is 24.8 Å². The first-order valence-corrected chi connectivity index (χ1v) is 4.74. The van der Waals surface area contributed by atoms with Gasteiger partial charge in [0.15, 0.2) is 5.65 Å². The number of nitrogens with zero attached hydrogens (tertiary/aromatic N) is 3. The maximum atomic E-state index is 11.0. The summed E-state index contributed by atoms with van der Waals surface area (Å²) in [7, 11) is 1.29. The first-order chi connectivity index (χ1) is 7.72. The molecule has 0 unspecified atom stereocenters. The number of rotatable bonds is 3. The van der Waals surface area contributed by atoms with E-state index in [0.29, 0.717) is 11.3 Å². The molecule has 1 atom stereocenters. The Kier molecular flexibility index (Phi) is 2.82. The lowest BCUT2D eigenvalue weighted by atomic mass is 10.2. The minimum atomic E-state index is -0.926. The fourth-order valence-electron chi connectivity index (χ4n) is 1.45. The van der Waals surface area contributed by atoms with Gasteiger partial charge in [-0.2, -0.15) is 0 Å². The number of ether oxygens (including phenoxy) is 1. The van der Waals surface area contributed by atoms with Crippen molar-refractivity contribution in [3.63, 3.8) is 0 Å². The van der Waals surface area contributed by atoms with E-state index in [-0.39, 0.29) is 6.42 Å². The van der Waals surface area contributed by atoms with E-state index in [0.717, 1.165) is 0 Å². The summed E-state index contributed by atoms with van der Waals surface area (Å²) in [5, 5.41) is 9.83. The smallest absolute Gasteiger partial charge is 0.308 e. The van der Waals surface area contributed by atoms with E-state index in [4.69, 9.17) is 0 Å². The number of fused-ring (bicyclic) bond motifs is 1. The van der Waals surface area contributed by atoms with Gasteiger partial charge < -0.3 is 9.84 Å². The molecule has 16 heavy (non-hydrogen) atoms. The van der Waals surface area contributed by atoms with Gasteiger partial charge in [-0.1, -0.05) is 0 Å². The Morgan fingerprint density at radius 2 is 2.44 bits per heavy atom. The molecular weight excluding hydrogens is 210 g/mol. The molecule has 0 amide bonds. The maximum Gasteiger partial charge on any atom is 0.308 e. The molecule has 2 aromatic rings. The third-order valence-electron chi connectivity index (χ3n) is 2.27. The highest BCUT2D eigenvalue weighted by molar-refractivity contribution is 5.70. The highest BCUT2D eigenvalue weighted by atomic mass is 16.5. The van der Waals surface area contributed by atoms with Crippen LogP contribution in [0.4, 0.5) is 0 Å². The van der Waals surface area contributed by atoms with Crippen LogP contribution in [-0.2, 0) is 9.53 Å². The van der Waals surface area contributed by atoms with Crippen LogP contribution in [0.3, 0.4) is 0 Å². The van der Waals surface area contributed by atoms with Gasteiger partial charge in [-0.05, 0) is 0 Å². The summed E-state index contributed by atoms with van der Waals surface area (Å²) in [5.41, 5.74) is 1.17. The maximum absolute atomic E-state index is 11.0. The molecule has 1 N–H and O–H groups in total. The number of esters is 1. The molecule has 0 aliphatic carbocycles. The lowest BCUT2D eigenvalue weighted by Crippen LogP contribution is -2.09. The van der Waals surface area contributed by atoms with Crippen LogP contribution in [0, 0.1) is 0 Å². The average Bonchev–Trinajstić information content (AvgIpc) is 2.72. The number of aliphatic hydroxyl groups is 1. The van der Waals surface area contributed by atoms with E-state index < -0.39 is 12.1 Å². The van der Waals surface area contributed by atoms with Crippen molar-refractivity contribution in [2.45, 2.75) is 12.5 Å². The van der Waals surface area contributed by atoms with Crippen molar-refractivity contribution in [2.75, 3.05) is 7.11 Å². The predicted octanol–water partition coefficient (Wildman–Crippen LogP) is 0.326. The van der Waals surface area contributed by atoms with Crippen LogP contribution >= 0.6 is 0 Å². The lowest BCUT2D eigenvalue weighted by molar-refractivity contribution is -0.142. The Morgan fingerprint density at radius 3 is 3.19 bits per heavy atom. The van der Waals surface area contributed by atoms with Gasteiger partial charge in [-0.15, -0.1) is 0 Å². The molecule has 0 aliphatic rings. The first-order valence-electron chi connectivity index (χ1n) is 4.74. The van der Waals surface area contributed by atoms with Crippen molar-refractivity contribution in [1.82, 2.24) is 14.4 Å². The molecule has 0 spiro atoms. The molecule has 0 fully saturated rings. The van der Waals surface area contributed by atoms with E-state index in [9.17, 15) is 9.90 Å². The monoisotopic (exact) mass is 221 g/mol. The predicted molar refractivity (Wildman–Crippen MR) is 54.6 cm³/mol. The second-order valence-electron chi connectivity index (χ2n) is 3.28. The highest BCUT2D eigenvalue weighted by Gasteiger charge is 2.17. The van der Waals surface area contributed by atoms with Gasteiger partial charge in [0.25, 0.3) is 0 Å². The van der Waals surface area contributed by atoms with Crippen LogP contribution in [-0.4, -0.2) is 32.6 Å². The van der Waals surface area contributed by atoms with Crippen LogP contribution < -0.4 is 0 Å². The molecule has 0 saturated heterocycles. The fourth-order valence-corrected chi connectivity index (χ4v) is 1.45. The minimum Gasteiger partial charge on any atom is -0.469 e. The molecule has 6 nitrogen and oxygen atoms in total. The summed E-state index contributed by atoms with van der Waals surface area (Å²) in [4.78, 5) is 19.0. The normalized spacial score (nSPS) is 12.6. The SMILES string of the molecule is COC(=O)C[C@H](O)c1cnc2cnccn12. The van der Waals surface area contributed by atoms with E-state index >= 15 is 0 Å². The zero-order valence-corrected chi connectivity index (χ0v) is 8.70. The molecule has 0 aliphatic heterocycles. The second-order valence-corrected chi connectivity index (χ2v) is 3.28. The standard InChI is InChI=1S/C10H11N3O3/c1-16-10(15)4-8(14)7-5-12-9-6-11-2-3-13(7)9/h2-3,5-6,8,14H,4H2,1H3/t8-/m0/s1. The van der Waals surface area contributed by atoms with Gasteiger partial charge >= 0.3 is 5.97 Å². The molecule has 2 heterocycles. The average molecular weight is 221 g/mol. The van der Waals surface area contributed by atoms with E-state index in [1.165, 1.54) is 13.3 Å². The van der Waals surface area contributed by atoms with E-state index in [2.05, 4.69) is 14.7 Å².